The number of carbonyl (C=O) groups is 1. The SMILES string of the molecule is O=C(Cc1ccc(OCCCC2CCN(c3ncc(Cl)cn3)CC2)cc1F)N1CC2CCC1CC2. The van der Waals surface area contributed by atoms with Gasteiger partial charge in [0.15, 0.2) is 0 Å². The summed E-state index contributed by atoms with van der Waals surface area (Å²) in [6, 6.07) is 5.28. The zero-order valence-electron chi connectivity index (χ0n) is 20.2. The number of amides is 1. The van der Waals surface area contributed by atoms with Crippen molar-refractivity contribution in [3.8, 4) is 5.75 Å². The number of nitrogens with zero attached hydrogens (tertiary/aromatic N) is 4. The van der Waals surface area contributed by atoms with Crippen LogP contribution in [0.15, 0.2) is 30.6 Å². The van der Waals surface area contributed by atoms with Gasteiger partial charge in [0.05, 0.1) is 30.4 Å². The topological polar surface area (TPSA) is 58.6 Å². The third-order valence-electron chi connectivity index (χ3n) is 7.93. The van der Waals surface area contributed by atoms with Crippen molar-refractivity contribution < 1.29 is 13.9 Å². The normalized spacial score (nSPS) is 22.5. The van der Waals surface area contributed by atoms with Gasteiger partial charge in [0, 0.05) is 31.7 Å². The summed E-state index contributed by atoms with van der Waals surface area (Å²) in [6.07, 6.45) is 12.3. The fourth-order valence-electron chi connectivity index (χ4n) is 5.85. The van der Waals surface area contributed by atoms with E-state index in [0.717, 1.165) is 64.1 Å². The standard InChI is InChI=1S/C27H34ClFN4O2/c28-22-16-30-27(31-17-22)32-11-9-19(10-12-32)2-1-13-35-24-8-5-21(25(29)15-24)14-26(34)33-18-20-3-6-23(33)7-4-20/h5,8,15-17,19-20,23H,1-4,6-7,9-14,18H2. The Bertz CT molecular complexity index is 1000. The van der Waals surface area contributed by atoms with Crippen LogP contribution in [0.5, 0.6) is 5.75 Å². The Morgan fingerprint density at radius 1 is 1.09 bits per heavy atom. The van der Waals surface area contributed by atoms with Crippen molar-refractivity contribution in [3.05, 3.63) is 47.0 Å². The Morgan fingerprint density at radius 2 is 1.83 bits per heavy atom. The Kier molecular flexibility index (Phi) is 7.71. The second-order valence-electron chi connectivity index (χ2n) is 10.3. The Balaban J connectivity index is 1.02. The number of halogens is 2. The number of hydrogen-bond donors (Lipinski definition) is 0. The molecule has 6 rings (SSSR count). The van der Waals surface area contributed by atoms with Crippen molar-refractivity contribution in [3.63, 3.8) is 0 Å². The molecule has 0 unspecified atom stereocenters. The lowest BCUT2D eigenvalue weighted by Gasteiger charge is -2.45. The van der Waals surface area contributed by atoms with Crippen LogP contribution in [0.4, 0.5) is 10.3 Å². The van der Waals surface area contributed by atoms with E-state index >= 15 is 0 Å². The molecule has 2 bridgehead atoms. The van der Waals surface area contributed by atoms with Gasteiger partial charge in [-0.2, -0.15) is 0 Å². The van der Waals surface area contributed by atoms with Gasteiger partial charge in [-0.15, -0.1) is 0 Å². The second kappa shape index (κ2) is 11.1. The number of anilines is 1. The van der Waals surface area contributed by atoms with Crippen LogP contribution < -0.4 is 9.64 Å². The van der Waals surface area contributed by atoms with Crippen molar-refractivity contribution in [1.82, 2.24) is 14.9 Å². The highest BCUT2D eigenvalue weighted by Crippen LogP contribution is 2.35. The van der Waals surface area contributed by atoms with Crippen LogP contribution in [0.3, 0.4) is 0 Å². The van der Waals surface area contributed by atoms with Crippen molar-refractivity contribution in [1.29, 1.82) is 0 Å². The molecule has 4 fully saturated rings. The molecule has 4 aliphatic rings. The summed E-state index contributed by atoms with van der Waals surface area (Å²) in [5.41, 5.74) is 0.459. The summed E-state index contributed by atoms with van der Waals surface area (Å²) in [7, 11) is 0. The number of hydrogen-bond acceptors (Lipinski definition) is 5. The molecule has 1 aliphatic carbocycles. The molecule has 4 heterocycles. The van der Waals surface area contributed by atoms with E-state index in [4.69, 9.17) is 16.3 Å². The minimum absolute atomic E-state index is 0.0561. The first-order valence-electron chi connectivity index (χ1n) is 13.0. The second-order valence-corrected chi connectivity index (χ2v) is 10.7. The first kappa shape index (κ1) is 24.3. The van der Waals surface area contributed by atoms with Gasteiger partial charge in [0.2, 0.25) is 11.9 Å². The lowest BCUT2D eigenvalue weighted by molar-refractivity contribution is -0.137. The van der Waals surface area contributed by atoms with E-state index in [1.54, 1.807) is 24.5 Å². The molecule has 0 N–H and O–H groups in total. The van der Waals surface area contributed by atoms with E-state index in [2.05, 4.69) is 14.9 Å². The number of benzene rings is 1. The summed E-state index contributed by atoms with van der Waals surface area (Å²) in [6.45, 7) is 3.30. The van der Waals surface area contributed by atoms with E-state index in [9.17, 15) is 9.18 Å². The van der Waals surface area contributed by atoms with E-state index in [0.29, 0.717) is 40.8 Å². The van der Waals surface area contributed by atoms with Gasteiger partial charge in [-0.3, -0.25) is 4.79 Å². The van der Waals surface area contributed by atoms with Crippen LogP contribution in [-0.4, -0.2) is 53.1 Å². The maximum absolute atomic E-state index is 14.7. The van der Waals surface area contributed by atoms with Crippen LogP contribution >= 0.6 is 11.6 Å². The van der Waals surface area contributed by atoms with Crippen LogP contribution in [-0.2, 0) is 11.2 Å². The summed E-state index contributed by atoms with van der Waals surface area (Å²) < 4.78 is 20.5. The Morgan fingerprint density at radius 3 is 2.49 bits per heavy atom. The lowest BCUT2D eigenvalue weighted by atomic mass is 9.80. The molecule has 1 amide bonds. The third kappa shape index (κ3) is 6.05. The monoisotopic (exact) mass is 500 g/mol. The number of ether oxygens (including phenoxy) is 1. The molecule has 8 heteroatoms. The van der Waals surface area contributed by atoms with E-state index in [-0.39, 0.29) is 18.1 Å². The van der Waals surface area contributed by atoms with Crippen molar-refractivity contribution >= 4 is 23.5 Å². The van der Waals surface area contributed by atoms with Crippen molar-refractivity contribution in [2.45, 2.75) is 63.8 Å². The zero-order valence-corrected chi connectivity index (χ0v) is 20.9. The molecule has 1 saturated carbocycles. The van der Waals surface area contributed by atoms with Gasteiger partial charge in [-0.1, -0.05) is 17.7 Å². The van der Waals surface area contributed by atoms with Gasteiger partial charge in [-0.25, -0.2) is 14.4 Å². The average molecular weight is 501 g/mol. The maximum Gasteiger partial charge on any atom is 0.227 e. The number of carbonyl (C=O) groups excluding carboxylic acids is 1. The highest BCUT2D eigenvalue weighted by Gasteiger charge is 2.36. The first-order valence-corrected chi connectivity index (χ1v) is 13.4. The van der Waals surface area contributed by atoms with Gasteiger partial charge in [0.25, 0.3) is 0 Å². The zero-order chi connectivity index (χ0) is 24.2. The summed E-state index contributed by atoms with van der Waals surface area (Å²) in [5, 5.41) is 0.552. The molecule has 2 aromatic rings. The van der Waals surface area contributed by atoms with E-state index < -0.39 is 0 Å². The van der Waals surface area contributed by atoms with Gasteiger partial charge in [-0.05, 0) is 74.8 Å². The molecule has 35 heavy (non-hydrogen) atoms. The fourth-order valence-corrected chi connectivity index (χ4v) is 5.95. The molecule has 6 nitrogen and oxygen atoms in total. The van der Waals surface area contributed by atoms with Gasteiger partial charge >= 0.3 is 0 Å². The van der Waals surface area contributed by atoms with Crippen LogP contribution in [0.1, 0.15) is 56.9 Å². The summed E-state index contributed by atoms with van der Waals surface area (Å²) in [5.74, 6) is 2.26. The summed E-state index contributed by atoms with van der Waals surface area (Å²) in [4.78, 5) is 25.6. The van der Waals surface area contributed by atoms with E-state index in [1.807, 2.05) is 4.90 Å². The van der Waals surface area contributed by atoms with Crippen LogP contribution in [0.2, 0.25) is 5.02 Å². The molecule has 3 saturated heterocycles. The predicted octanol–water partition coefficient (Wildman–Crippen LogP) is 5.29. The average Bonchev–Trinajstić information content (AvgIpc) is 2.89. The van der Waals surface area contributed by atoms with Gasteiger partial charge in [0.1, 0.15) is 11.6 Å². The number of fused-ring (bicyclic) bond motifs is 3. The number of aromatic nitrogens is 2. The first-order chi connectivity index (χ1) is 17.0. The molecule has 1 aromatic heterocycles. The molecule has 0 spiro atoms. The molecule has 3 aliphatic heterocycles. The minimum atomic E-state index is -0.352. The van der Waals surface area contributed by atoms with Crippen molar-refractivity contribution in [2.24, 2.45) is 11.8 Å². The highest BCUT2D eigenvalue weighted by molar-refractivity contribution is 6.30. The molecule has 188 valence electrons. The van der Waals surface area contributed by atoms with Crippen LogP contribution in [0, 0.1) is 17.7 Å². The highest BCUT2D eigenvalue weighted by atomic mass is 35.5. The quantitative estimate of drug-likeness (QED) is 0.461. The Hall–Kier alpha value is -2.41. The fraction of sp³-hybridized carbons (Fsp3) is 0.593. The summed E-state index contributed by atoms with van der Waals surface area (Å²) >= 11 is 5.87. The third-order valence-corrected chi connectivity index (χ3v) is 8.12. The smallest absolute Gasteiger partial charge is 0.227 e. The number of rotatable bonds is 8. The van der Waals surface area contributed by atoms with E-state index in [1.165, 1.54) is 18.9 Å². The van der Waals surface area contributed by atoms with Crippen LogP contribution in [0.25, 0.3) is 0 Å². The predicted molar refractivity (Wildman–Crippen MR) is 134 cm³/mol. The maximum atomic E-state index is 14.7. The lowest BCUT2D eigenvalue weighted by Crippen LogP contribution is -2.51. The minimum Gasteiger partial charge on any atom is -0.493 e. The van der Waals surface area contributed by atoms with Gasteiger partial charge < -0.3 is 14.5 Å². The van der Waals surface area contributed by atoms with Crippen molar-refractivity contribution in [2.75, 3.05) is 31.1 Å². The molecular formula is C27H34ClFN4O2. The number of piperidine rings is 3. The molecular weight excluding hydrogens is 467 g/mol. The molecule has 0 radical (unpaired) electrons. The molecule has 0 atom stereocenters. The Labute approximate surface area is 211 Å². The molecule has 1 aromatic carbocycles. The largest absolute Gasteiger partial charge is 0.493 e.